The second kappa shape index (κ2) is 14.5. The van der Waals surface area contributed by atoms with Crippen molar-refractivity contribution in [1.29, 1.82) is 0 Å². The van der Waals surface area contributed by atoms with E-state index in [0.29, 0.717) is 6.54 Å². The van der Waals surface area contributed by atoms with Crippen LogP contribution in [0.5, 0.6) is 5.75 Å². The van der Waals surface area contributed by atoms with E-state index in [1.54, 1.807) is 0 Å². The predicted octanol–water partition coefficient (Wildman–Crippen LogP) is 2.95. The summed E-state index contributed by atoms with van der Waals surface area (Å²) < 4.78 is 5.79. The van der Waals surface area contributed by atoms with Crippen molar-refractivity contribution in [3.63, 3.8) is 0 Å². The standard InChI is InChI=1S/C23H39N5O2.HI/c1-6-24-23(26-20-12-14-28(17-20)22(29)18(2)3)25-16-19-8-10-21(11-9-19)30-15-7-13-27(4)5;/h8-11,18,20H,6-7,12-17H2,1-5H3,(H2,24,25,26);1H. The zero-order chi connectivity index (χ0) is 21.9. The summed E-state index contributed by atoms with van der Waals surface area (Å²) >= 11 is 0. The van der Waals surface area contributed by atoms with Crippen molar-refractivity contribution in [3.05, 3.63) is 29.8 Å². The molecule has 1 aromatic carbocycles. The highest BCUT2D eigenvalue weighted by Crippen LogP contribution is 2.14. The van der Waals surface area contributed by atoms with Crippen LogP contribution in [0.3, 0.4) is 0 Å². The minimum Gasteiger partial charge on any atom is -0.494 e. The summed E-state index contributed by atoms with van der Waals surface area (Å²) in [5, 5.41) is 6.79. The molecule has 1 saturated heterocycles. The Morgan fingerprint density at radius 2 is 2.00 bits per heavy atom. The molecule has 1 aliphatic heterocycles. The quantitative estimate of drug-likeness (QED) is 0.205. The summed E-state index contributed by atoms with van der Waals surface area (Å²) in [4.78, 5) is 21.0. The van der Waals surface area contributed by atoms with Gasteiger partial charge in [-0.15, -0.1) is 24.0 Å². The smallest absolute Gasteiger partial charge is 0.225 e. The van der Waals surface area contributed by atoms with E-state index in [-0.39, 0.29) is 41.8 Å². The van der Waals surface area contributed by atoms with Crippen molar-refractivity contribution in [2.24, 2.45) is 10.9 Å². The molecule has 0 aliphatic carbocycles. The van der Waals surface area contributed by atoms with Crippen molar-refractivity contribution < 1.29 is 9.53 Å². The van der Waals surface area contributed by atoms with Crippen molar-refractivity contribution in [1.82, 2.24) is 20.4 Å². The second-order valence-corrected chi connectivity index (χ2v) is 8.41. The number of ether oxygens (including phenoxy) is 1. The molecule has 1 unspecified atom stereocenters. The topological polar surface area (TPSA) is 69.2 Å². The average molecular weight is 546 g/mol. The van der Waals surface area contributed by atoms with Gasteiger partial charge in [0.1, 0.15) is 5.75 Å². The van der Waals surface area contributed by atoms with Crippen LogP contribution < -0.4 is 15.4 Å². The summed E-state index contributed by atoms with van der Waals surface area (Å²) in [7, 11) is 4.14. The van der Waals surface area contributed by atoms with Gasteiger partial charge in [0.15, 0.2) is 5.96 Å². The highest BCUT2D eigenvalue weighted by molar-refractivity contribution is 14.0. The van der Waals surface area contributed by atoms with E-state index in [1.165, 1.54) is 0 Å². The third-order valence-corrected chi connectivity index (χ3v) is 5.04. The first-order chi connectivity index (χ1) is 14.4. The van der Waals surface area contributed by atoms with Gasteiger partial charge in [-0.1, -0.05) is 26.0 Å². The minimum absolute atomic E-state index is 0. The summed E-state index contributed by atoms with van der Waals surface area (Å²) in [5.41, 5.74) is 1.14. The maximum atomic E-state index is 12.2. The van der Waals surface area contributed by atoms with E-state index in [0.717, 1.165) is 62.9 Å². The molecule has 2 N–H and O–H groups in total. The number of likely N-dealkylation sites (tertiary alicyclic amines) is 1. The highest BCUT2D eigenvalue weighted by Gasteiger charge is 2.27. The van der Waals surface area contributed by atoms with E-state index < -0.39 is 0 Å². The van der Waals surface area contributed by atoms with Gasteiger partial charge in [-0.25, -0.2) is 4.99 Å². The van der Waals surface area contributed by atoms with Gasteiger partial charge in [0, 0.05) is 38.1 Å². The van der Waals surface area contributed by atoms with Crippen molar-refractivity contribution in [2.75, 3.05) is 46.9 Å². The number of hydrogen-bond donors (Lipinski definition) is 2. The SMILES string of the molecule is CCNC(=NCc1ccc(OCCCN(C)C)cc1)NC1CCN(C(=O)C(C)C)C1.I. The lowest BCUT2D eigenvalue weighted by Crippen LogP contribution is -2.45. The number of hydrogen-bond acceptors (Lipinski definition) is 4. The Balaban J connectivity index is 0.00000480. The van der Waals surface area contributed by atoms with Crippen molar-refractivity contribution in [2.45, 2.75) is 46.2 Å². The molecule has 1 amide bonds. The Labute approximate surface area is 205 Å². The van der Waals surface area contributed by atoms with E-state index in [4.69, 9.17) is 9.73 Å². The van der Waals surface area contributed by atoms with Gasteiger partial charge in [-0.3, -0.25) is 4.79 Å². The lowest BCUT2D eigenvalue weighted by Gasteiger charge is -2.20. The Kier molecular flexibility index (Phi) is 12.9. The lowest BCUT2D eigenvalue weighted by molar-refractivity contribution is -0.133. The molecule has 0 saturated carbocycles. The Morgan fingerprint density at radius 3 is 2.61 bits per heavy atom. The number of carbonyl (C=O) groups is 1. The first-order valence-corrected chi connectivity index (χ1v) is 11.1. The summed E-state index contributed by atoms with van der Waals surface area (Å²) in [6.07, 6.45) is 1.96. The molecule has 8 heteroatoms. The van der Waals surface area contributed by atoms with Crippen LogP contribution in [-0.2, 0) is 11.3 Å². The molecule has 0 aromatic heterocycles. The van der Waals surface area contributed by atoms with Gasteiger partial charge >= 0.3 is 0 Å². The first-order valence-electron chi connectivity index (χ1n) is 11.1. The van der Waals surface area contributed by atoms with Crippen LogP contribution in [0.4, 0.5) is 0 Å². The Morgan fingerprint density at radius 1 is 1.29 bits per heavy atom. The fourth-order valence-corrected chi connectivity index (χ4v) is 3.39. The van der Waals surface area contributed by atoms with E-state index in [2.05, 4.69) is 48.7 Å². The molecule has 1 aromatic rings. The zero-order valence-corrected chi connectivity index (χ0v) is 22.0. The highest BCUT2D eigenvalue weighted by atomic mass is 127. The molecular formula is C23H40IN5O2. The molecular weight excluding hydrogens is 505 g/mol. The maximum Gasteiger partial charge on any atom is 0.225 e. The van der Waals surface area contributed by atoms with Gasteiger partial charge in [0.2, 0.25) is 5.91 Å². The molecule has 0 spiro atoms. The van der Waals surface area contributed by atoms with E-state index in [9.17, 15) is 4.79 Å². The van der Waals surface area contributed by atoms with Crippen LogP contribution >= 0.6 is 24.0 Å². The zero-order valence-electron chi connectivity index (χ0n) is 19.7. The van der Waals surface area contributed by atoms with Crippen LogP contribution in [0, 0.1) is 5.92 Å². The number of guanidine groups is 1. The maximum absolute atomic E-state index is 12.2. The molecule has 31 heavy (non-hydrogen) atoms. The molecule has 1 aliphatic rings. The van der Waals surface area contributed by atoms with Crippen LogP contribution in [0.2, 0.25) is 0 Å². The first kappa shape index (κ1) is 27.5. The summed E-state index contributed by atoms with van der Waals surface area (Å²) in [6, 6.07) is 8.38. The molecule has 7 nitrogen and oxygen atoms in total. The predicted molar refractivity (Wildman–Crippen MR) is 138 cm³/mol. The number of benzene rings is 1. The van der Waals surface area contributed by atoms with Crippen molar-refractivity contribution in [3.8, 4) is 5.75 Å². The Bertz CT molecular complexity index is 679. The Hall–Kier alpha value is -1.55. The number of rotatable bonds is 10. The van der Waals surface area contributed by atoms with E-state index in [1.807, 2.05) is 30.9 Å². The third kappa shape index (κ3) is 10.1. The molecule has 0 bridgehead atoms. The minimum atomic E-state index is 0. The number of nitrogens with one attached hydrogen (secondary N) is 2. The fraction of sp³-hybridized carbons (Fsp3) is 0.652. The number of carbonyl (C=O) groups excluding carboxylic acids is 1. The van der Waals surface area contributed by atoms with Gasteiger partial charge in [-0.05, 0) is 51.6 Å². The number of aliphatic imine (C=N–C) groups is 1. The van der Waals surface area contributed by atoms with Crippen LogP contribution in [0.25, 0.3) is 0 Å². The summed E-state index contributed by atoms with van der Waals surface area (Å²) in [5.74, 6) is 1.97. The van der Waals surface area contributed by atoms with Gasteiger partial charge in [0.25, 0.3) is 0 Å². The molecule has 1 atom stereocenters. The normalized spacial score (nSPS) is 16.4. The van der Waals surface area contributed by atoms with Gasteiger partial charge in [0.05, 0.1) is 13.2 Å². The van der Waals surface area contributed by atoms with E-state index >= 15 is 0 Å². The fourth-order valence-electron chi connectivity index (χ4n) is 3.39. The lowest BCUT2D eigenvalue weighted by atomic mass is 10.2. The average Bonchev–Trinajstić information content (AvgIpc) is 3.18. The van der Waals surface area contributed by atoms with Crippen LogP contribution in [-0.4, -0.2) is 74.6 Å². The van der Waals surface area contributed by atoms with Crippen molar-refractivity contribution >= 4 is 35.8 Å². The van der Waals surface area contributed by atoms with Gasteiger partial charge in [-0.2, -0.15) is 0 Å². The molecule has 1 fully saturated rings. The number of halogens is 1. The molecule has 1 heterocycles. The monoisotopic (exact) mass is 545 g/mol. The third-order valence-electron chi connectivity index (χ3n) is 5.04. The molecule has 176 valence electrons. The molecule has 2 rings (SSSR count). The second-order valence-electron chi connectivity index (χ2n) is 8.41. The van der Waals surface area contributed by atoms with Crippen LogP contribution in [0.15, 0.2) is 29.3 Å². The number of nitrogens with zero attached hydrogens (tertiary/aromatic N) is 3. The summed E-state index contributed by atoms with van der Waals surface area (Å²) in [6.45, 7) is 10.7. The number of amides is 1. The largest absolute Gasteiger partial charge is 0.494 e. The molecule has 0 radical (unpaired) electrons. The van der Waals surface area contributed by atoms with Crippen LogP contribution in [0.1, 0.15) is 39.2 Å². The van der Waals surface area contributed by atoms with Gasteiger partial charge < -0.3 is 25.2 Å².